The van der Waals surface area contributed by atoms with Gasteiger partial charge in [-0.3, -0.25) is 0 Å². The molecule has 0 unspecified atom stereocenters. The van der Waals surface area contributed by atoms with E-state index in [4.69, 9.17) is 9.47 Å². The third-order valence-electron chi connectivity index (χ3n) is 6.12. The summed E-state index contributed by atoms with van der Waals surface area (Å²) in [5.74, 6) is -0.538. The molecule has 0 bridgehead atoms. The van der Waals surface area contributed by atoms with Gasteiger partial charge in [-0.15, -0.1) is 0 Å². The van der Waals surface area contributed by atoms with Crippen molar-refractivity contribution in [3.05, 3.63) is 132 Å². The summed E-state index contributed by atoms with van der Waals surface area (Å²) < 4.78 is 12.1. The molecule has 0 aliphatic heterocycles. The fourth-order valence-electron chi connectivity index (χ4n) is 4.25. The van der Waals surface area contributed by atoms with Crippen LogP contribution in [0.3, 0.4) is 0 Å². The number of aromatic nitrogens is 4. The number of rotatable bonds is 7. The van der Waals surface area contributed by atoms with Gasteiger partial charge in [0.1, 0.15) is 0 Å². The van der Waals surface area contributed by atoms with Crippen LogP contribution in [-0.4, -0.2) is 31.9 Å². The van der Waals surface area contributed by atoms with Crippen LogP contribution in [0.1, 0.15) is 44.6 Å². The maximum atomic E-state index is 13.3. The highest BCUT2D eigenvalue weighted by Crippen LogP contribution is 2.36. The van der Waals surface area contributed by atoms with E-state index in [1.54, 1.807) is 48.5 Å². The molecule has 6 aromatic rings. The van der Waals surface area contributed by atoms with E-state index in [9.17, 15) is 9.59 Å². The van der Waals surface area contributed by atoms with E-state index in [0.717, 1.165) is 11.0 Å². The Labute approximate surface area is 217 Å². The summed E-state index contributed by atoms with van der Waals surface area (Å²) in [6, 6.07) is 32.2. The van der Waals surface area contributed by atoms with Gasteiger partial charge in [0.25, 0.3) is 0 Å². The summed E-state index contributed by atoms with van der Waals surface area (Å²) in [7, 11) is 0. The molecule has 0 amide bonds. The molecule has 0 fully saturated rings. The predicted molar refractivity (Wildman–Crippen MR) is 141 cm³/mol. The number of carbonyl (C=O) groups is 2. The van der Waals surface area contributed by atoms with Crippen molar-refractivity contribution in [3.63, 3.8) is 0 Å². The third kappa shape index (κ3) is 4.62. The topological polar surface area (TPSA) is 110 Å². The number of para-hydroxylation sites is 4. The SMILES string of the molecule is O=C(O[C@H](c1nc2ccccc2[nH]1)[C@@H](OC(=O)c1ccccc1)c1nc2ccccc2[nH]1)c1ccccc1. The number of benzene rings is 4. The third-order valence-corrected chi connectivity index (χ3v) is 6.12. The molecule has 186 valence electrons. The first-order valence-electron chi connectivity index (χ1n) is 12.1. The summed E-state index contributed by atoms with van der Waals surface area (Å²) in [6.07, 6.45) is -2.27. The zero-order chi connectivity index (χ0) is 25.9. The Balaban J connectivity index is 1.47. The average Bonchev–Trinajstić information content (AvgIpc) is 3.60. The average molecular weight is 503 g/mol. The van der Waals surface area contributed by atoms with Gasteiger partial charge in [-0.05, 0) is 48.5 Å². The summed E-state index contributed by atoms with van der Waals surface area (Å²) >= 11 is 0. The van der Waals surface area contributed by atoms with Gasteiger partial charge in [-0.1, -0.05) is 60.7 Å². The molecule has 8 heteroatoms. The Morgan fingerprint density at radius 3 is 1.29 bits per heavy atom. The van der Waals surface area contributed by atoms with Gasteiger partial charge in [0.2, 0.25) is 12.2 Å². The molecule has 2 atom stereocenters. The molecule has 0 saturated carbocycles. The lowest BCUT2D eigenvalue weighted by atomic mass is 10.1. The van der Waals surface area contributed by atoms with Crippen molar-refractivity contribution in [1.82, 2.24) is 19.9 Å². The number of esters is 2. The van der Waals surface area contributed by atoms with Crippen molar-refractivity contribution in [2.24, 2.45) is 0 Å². The number of H-pyrrole nitrogens is 2. The molecule has 2 aromatic heterocycles. The molecule has 6 rings (SSSR count). The molecule has 2 heterocycles. The first-order chi connectivity index (χ1) is 18.7. The van der Waals surface area contributed by atoms with Crippen LogP contribution in [0.2, 0.25) is 0 Å². The molecule has 0 spiro atoms. The maximum Gasteiger partial charge on any atom is 0.338 e. The number of hydrogen-bond donors (Lipinski definition) is 2. The van der Waals surface area contributed by atoms with E-state index in [0.29, 0.717) is 33.8 Å². The van der Waals surface area contributed by atoms with E-state index in [1.165, 1.54) is 0 Å². The van der Waals surface area contributed by atoms with Crippen LogP contribution in [0.4, 0.5) is 0 Å². The van der Waals surface area contributed by atoms with Crippen molar-refractivity contribution in [2.75, 3.05) is 0 Å². The second-order valence-electron chi connectivity index (χ2n) is 8.66. The Morgan fingerprint density at radius 1 is 0.526 bits per heavy atom. The number of imidazole rings is 2. The smallest absolute Gasteiger partial charge is 0.338 e. The lowest BCUT2D eigenvalue weighted by Crippen LogP contribution is -2.25. The quantitative estimate of drug-likeness (QED) is 0.262. The van der Waals surface area contributed by atoms with E-state index in [1.807, 2.05) is 60.7 Å². The number of ether oxygens (including phenoxy) is 2. The molecule has 38 heavy (non-hydrogen) atoms. The van der Waals surface area contributed by atoms with Crippen molar-refractivity contribution in [1.29, 1.82) is 0 Å². The Kier molecular flexibility index (Phi) is 6.11. The van der Waals surface area contributed by atoms with Crippen LogP contribution in [0.5, 0.6) is 0 Å². The zero-order valence-corrected chi connectivity index (χ0v) is 20.1. The minimum atomic E-state index is -1.14. The van der Waals surface area contributed by atoms with Crippen LogP contribution < -0.4 is 0 Å². The molecule has 0 saturated heterocycles. The lowest BCUT2D eigenvalue weighted by Gasteiger charge is -2.24. The fraction of sp³-hybridized carbons (Fsp3) is 0.0667. The number of nitrogens with one attached hydrogen (secondary N) is 2. The van der Waals surface area contributed by atoms with Crippen molar-refractivity contribution < 1.29 is 19.1 Å². The summed E-state index contributed by atoms with van der Waals surface area (Å²) in [4.78, 5) is 42.3. The van der Waals surface area contributed by atoms with Gasteiger partial charge >= 0.3 is 11.9 Å². The van der Waals surface area contributed by atoms with Crippen molar-refractivity contribution in [3.8, 4) is 0 Å². The first kappa shape index (κ1) is 23.2. The fourth-order valence-corrected chi connectivity index (χ4v) is 4.25. The molecule has 0 aliphatic rings. The summed E-state index contributed by atoms with van der Waals surface area (Å²) in [5.41, 5.74) is 3.57. The Hall–Kier alpha value is -5.24. The minimum Gasteiger partial charge on any atom is -0.446 e. The van der Waals surface area contributed by atoms with E-state index in [-0.39, 0.29) is 0 Å². The molecule has 0 aliphatic carbocycles. The standard InChI is InChI=1S/C30H22N4O4/c35-29(19-11-3-1-4-12-19)37-25(27-31-21-15-7-8-16-22(21)32-27)26(38-30(36)20-13-5-2-6-14-20)28-33-23-17-9-10-18-24(23)34-28/h1-18,25-26H,(H,31,32)(H,33,34)/t25-,26+. The Bertz CT molecular complexity index is 1530. The number of fused-ring (bicyclic) bond motifs is 2. The molecule has 8 nitrogen and oxygen atoms in total. The van der Waals surface area contributed by atoms with Gasteiger partial charge in [0.15, 0.2) is 11.6 Å². The molecule has 0 radical (unpaired) electrons. The highest BCUT2D eigenvalue weighted by atomic mass is 16.6. The first-order valence-corrected chi connectivity index (χ1v) is 12.1. The highest BCUT2D eigenvalue weighted by molar-refractivity contribution is 5.90. The highest BCUT2D eigenvalue weighted by Gasteiger charge is 2.37. The lowest BCUT2D eigenvalue weighted by molar-refractivity contribution is -0.0438. The molecular weight excluding hydrogens is 480 g/mol. The normalized spacial score (nSPS) is 12.7. The van der Waals surface area contributed by atoms with Gasteiger partial charge < -0.3 is 19.4 Å². The number of aromatic amines is 2. The minimum absolute atomic E-state index is 0.321. The molecule has 4 aromatic carbocycles. The number of carbonyl (C=O) groups excluding carboxylic acids is 2. The van der Waals surface area contributed by atoms with Gasteiger partial charge in [-0.25, -0.2) is 19.6 Å². The van der Waals surface area contributed by atoms with Crippen molar-refractivity contribution in [2.45, 2.75) is 12.2 Å². The van der Waals surface area contributed by atoms with Gasteiger partial charge in [-0.2, -0.15) is 0 Å². The van der Waals surface area contributed by atoms with E-state index < -0.39 is 24.1 Å². The van der Waals surface area contributed by atoms with Crippen LogP contribution in [-0.2, 0) is 9.47 Å². The van der Waals surface area contributed by atoms with Gasteiger partial charge in [0, 0.05) is 0 Å². The molecule has 2 N–H and O–H groups in total. The monoisotopic (exact) mass is 502 g/mol. The van der Waals surface area contributed by atoms with E-state index in [2.05, 4.69) is 19.9 Å². The summed E-state index contributed by atoms with van der Waals surface area (Å²) in [6.45, 7) is 0. The summed E-state index contributed by atoms with van der Waals surface area (Å²) in [5, 5.41) is 0. The molecular formula is C30H22N4O4. The van der Waals surface area contributed by atoms with Crippen LogP contribution in [0.15, 0.2) is 109 Å². The van der Waals surface area contributed by atoms with Crippen molar-refractivity contribution >= 4 is 34.0 Å². The van der Waals surface area contributed by atoms with Crippen LogP contribution in [0, 0.1) is 0 Å². The second-order valence-corrected chi connectivity index (χ2v) is 8.66. The van der Waals surface area contributed by atoms with Crippen LogP contribution in [0.25, 0.3) is 22.1 Å². The van der Waals surface area contributed by atoms with Crippen LogP contribution >= 0.6 is 0 Å². The largest absolute Gasteiger partial charge is 0.446 e. The van der Waals surface area contributed by atoms with Gasteiger partial charge in [0.05, 0.1) is 33.2 Å². The van der Waals surface area contributed by atoms with E-state index >= 15 is 0 Å². The maximum absolute atomic E-state index is 13.3. The number of hydrogen-bond acceptors (Lipinski definition) is 6. The Morgan fingerprint density at radius 2 is 0.895 bits per heavy atom. The zero-order valence-electron chi connectivity index (χ0n) is 20.1. The number of nitrogens with zero attached hydrogens (tertiary/aromatic N) is 2. The second kappa shape index (κ2) is 10.0. The predicted octanol–water partition coefficient (Wildman–Crippen LogP) is 5.94.